The van der Waals surface area contributed by atoms with E-state index in [4.69, 9.17) is 24.6 Å². The molecule has 5 heterocycles. The molecule has 1 N–H and O–H groups in total. The fraction of sp³-hybridized carbons (Fsp3) is 0.500. The van der Waals surface area contributed by atoms with E-state index in [-0.39, 0.29) is 18.8 Å². The highest BCUT2D eigenvalue weighted by atomic mass is 16.5. The highest BCUT2D eigenvalue weighted by Crippen LogP contribution is 2.39. The SMILES string of the molecule is C[C@@H](Cn1cnnn1)Oc1cc(-c2cnc(Nc3cn([C@H]4CC[C@H](N5[C@@H]6CC[C@H]5COC6)CC4)nc3OCC#N)nc2)ccc1C#N. The molecule has 47 heavy (non-hydrogen) atoms. The largest absolute Gasteiger partial charge is 0.487 e. The van der Waals surface area contributed by atoms with E-state index < -0.39 is 0 Å². The summed E-state index contributed by atoms with van der Waals surface area (Å²) in [5.74, 6) is 1.16. The third-order valence-electron chi connectivity index (χ3n) is 9.23. The quantitative estimate of drug-likeness (QED) is 0.252. The molecule has 0 unspecified atom stereocenters. The van der Waals surface area contributed by atoms with Crippen LogP contribution in [0.5, 0.6) is 11.6 Å². The number of tetrazole rings is 1. The number of ether oxygens (including phenoxy) is 3. The Morgan fingerprint density at radius 3 is 2.45 bits per heavy atom. The molecule has 15 heteroatoms. The molecule has 3 aromatic heterocycles. The van der Waals surface area contributed by atoms with Crippen molar-refractivity contribution in [3.63, 3.8) is 0 Å². The van der Waals surface area contributed by atoms with E-state index in [0.717, 1.165) is 50.0 Å². The summed E-state index contributed by atoms with van der Waals surface area (Å²) < 4.78 is 21.1. The number of morpholine rings is 1. The van der Waals surface area contributed by atoms with Crippen LogP contribution in [-0.2, 0) is 11.3 Å². The van der Waals surface area contributed by atoms with Crippen molar-refractivity contribution >= 4 is 11.6 Å². The van der Waals surface area contributed by atoms with Gasteiger partial charge in [0.15, 0.2) is 6.61 Å². The smallest absolute Gasteiger partial charge is 0.257 e. The van der Waals surface area contributed by atoms with Crippen LogP contribution in [0.15, 0.2) is 43.1 Å². The number of anilines is 2. The van der Waals surface area contributed by atoms with E-state index >= 15 is 0 Å². The van der Waals surface area contributed by atoms with Crippen molar-refractivity contribution in [1.82, 2.24) is 44.9 Å². The van der Waals surface area contributed by atoms with Crippen molar-refractivity contribution in [3.8, 4) is 34.9 Å². The first kappa shape index (κ1) is 30.5. The fourth-order valence-electron chi connectivity index (χ4n) is 7.07. The lowest BCUT2D eigenvalue weighted by atomic mass is 9.89. The second-order valence-corrected chi connectivity index (χ2v) is 12.3. The van der Waals surface area contributed by atoms with Crippen LogP contribution in [-0.4, -0.2) is 88.9 Å². The van der Waals surface area contributed by atoms with Crippen LogP contribution < -0.4 is 14.8 Å². The molecule has 1 aliphatic carbocycles. The van der Waals surface area contributed by atoms with Crippen LogP contribution >= 0.6 is 0 Å². The zero-order valence-electron chi connectivity index (χ0n) is 26.1. The molecule has 0 amide bonds. The van der Waals surface area contributed by atoms with Gasteiger partial charge in [-0.15, -0.1) is 10.2 Å². The van der Waals surface area contributed by atoms with Gasteiger partial charge in [0.2, 0.25) is 5.95 Å². The van der Waals surface area contributed by atoms with Crippen molar-refractivity contribution in [2.75, 3.05) is 25.1 Å². The van der Waals surface area contributed by atoms with Gasteiger partial charge in [-0.2, -0.15) is 10.5 Å². The normalized spacial score (nSPS) is 23.0. The minimum atomic E-state index is -0.281. The number of rotatable bonds is 11. The maximum absolute atomic E-state index is 9.63. The molecule has 15 nitrogen and oxygen atoms in total. The van der Waals surface area contributed by atoms with Crippen LogP contribution in [0.3, 0.4) is 0 Å². The van der Waals surface area contributed by atoms with Crippen LogP contribution in [0, 0.1) is 22.7 Å². The molecule has 0 spiro atoms. The number of aromatic nitrogens is 8. The summed E-state index contributed by atoms with van der Waals surface area (Å²) in [7, 11) is 0. The Morgan fingerprint density at radius 1 is 1.00 bits per heavy atom. The molecule has 242 valence electrons. The molecule has 1 saturated carbocycles. The van der Waals surface area contributed by atoms with Gasteiger partial charge in [-0.25, -0.2) is 14.6 Å². The van der Waals surface area contributed by atoms with Crippen molar-refractivity contribution < 1.29 is 14.2 Å². The Kier molecular flexibility index (Phi) is 8.90. The predicted molar refractivity (Wildman–Crippen MR) is 167 cm³/mol. The van der Waals surface area contributed by atoms with Gasteiger partial charge in [-0.3, -0.25) is 9.58 Å². The zero-order chi connectivity index (χ0) is 32.2. The number of nitriles is 2. The third-order valence-corrected chi connectivity index (χ3v) is 9.23. The third kappa shape index (κ3) is 6.72. The molecule has 1 aromatic carbocycles. The van der Waals surface area contributed by atoms with Gasteiger partial charge < -0.3 is 19.5 Å². The number of fused-ring (bicyclic) bond motifs is 2. The molecular weight excluding hydrogens is 600 g/mol. The molecule has 0 radical (unpaired) electrons. The van der Waals surface area contributed by atoms with E-state index in [1.807, 2.05) is 29.9 Å². The number of hydrogen-bond donors (Lipinski definition) is 1. The van der Waals surface area contributed by atoms with Crippen LogP contribution in [0.25, 0.3) is 11.1 Å². The van der Waals surface area contributed by atoms with E-state index in [0.29, 0.717) is 53.5 Å². The summed E-state index contributed by atoms with van der Waals surface area (Å²) in [6, 6.07) is 11.5. The highest BCUT2D eigenvalue weighted by Gasteiger charge is 2.42. The number of hydrogen-bond acceptors (Lipinski definition) is 13. The molecule has 3 fully saturated rings. The van der Waals surface area contributed by atoms with Crippen LogP contribution in [0.4, 0.5) is 11.6 Å². The molecule has 3 aliphatic rings. The summed E-state index contributed by atoms with van der Waals surface area (Å²) in [5, 5.41) is 37.9. The first-order valence-corrected chi connectivity index (χ1v) is 16.0. The maximum atomic E-state index is 9.63. The zero-order valence-corrected chi connectivity index (χ0v) is 26.1. The summed E-state index contributed by atoms with van der Waals surface area (Å²) >= 11 is 0. The van der Waals surface area contributed by atoms with Crippen LogP contribution in [0.2, 0.25) is 0 Å². The summed E-state index contributed by atoms with van der Waals surface area (Å²) in [6.07, 6.45) is 13.3. The van der Waals surface area contributed by atoms with Gasteiger partial charge in [0.1, 0.15) is 36.0 Å². The van der Waals surface area contributed by atoms with Gasteiger partial charge in [-0.1, -0.05) is 6.07 Å². The lowest BCUT2D eigenvalue weighted by Crippen LogP contribution is -2.52. The molecule has 2 saturated heterocycles. The molecule has 2 aliphatic heterocycles. The van der Waals surface area contributed by atoms with Crippen molar-refractivity contribution in [3.05, 3.63) is 48.7 Å². The lowest BCUT2D eigenvalue weighted by Gasteiger charge is -2.43. The van der Waals surface area contributed by atoms with Crippen molar-refractivity contribution in [2.45, 2.75) is 82.3 Å². The van der Waals surface area contributed by atoms with Gasteiger partial charge >= 0.3 is 0 Å². The van der Waals surface area contributed by atoms with Gasteiger partial charge in [0.05, 0.1) is 37.6 Å². The molecular formula is C32H36N12O3. The summed E-state index contributed by atoms with van der Waals surface area (Å²) in [5.41, 5.74) is 2.57. The molecule has 7 rings (SSSR count). The predicted octanol–water partition coefficient (Wildman–Crippen LogP) is 3.66. The van der Waals surface area contributed by atoms with Crippen molar-refractivity contribution in [1.29, 1.82) is 10.5 Å². The highest BCUT2D eigenvalue weighted by molar-refractivity contribution is 5.67. The minimum absolute atomic E-state index is 0.116. The first-order chi connectivity index (χ1) is 23.1. The van der Waals surface area contributed by atoms with E-state index in [1.165, 1.54) is 19.2 Å². The van der Waals surface area contributed by atoms with E-state index in [1.54, 1.807) is 29.2 Å². The monoisotopic (exact) mass is 636 g/mol. The number of benzene rings is 1. The fourth-order valence-corrected chi connectivity index (χ4v) is 7.07. The standard InChI is InChI=1S/C32H36N12O3/c1-21(16-42-20-37-40-41-42)47-30-12-22(2-3-23(30)13-34)24-14-35-32(36-15-24)38-29-17-43(39-31(29)46-11-10-33)25-4-6-26(7-5-25)44-27-8-9-28(44)19-45-18-27/h2-3,12,14-15,17,20-21,25-28H,4-9,11,16,18-19H2,1H3,(H,35,36,38)/t21-,25-,26-,27-,28+/m0/s1. The topological polar surface area (TPSA) is 178 Å². The number of nitrogens with zero attached hydrogens (tertiary/aromatic N) is 11. The van der Waals surface area contributed by atoms with Crippen molar-refractivity contribution in [2.24, 2.45) is 0 Å². The number of nitrogens with one attached hydrogen (secondary N) is 1. The Labute approximate surface area is 272 Å². The molecule has 4 aromatic rings. The Hall–Kier alpha value is -5.12. The summed E-state index contributed by atoms with van der Waals surface area (Å²) in [4.78, 5) is 11.8. The average Bonchev–Trinajstić information content (AvgIpc) is 3.82. The molecule has 2 bridgehead atoms. The van der Waals surface area contributed by atoms with Gasteiger partial charge in [0, 0.05) is 36.1 Å². The van der Waals surface area contributed by atoms with Gasteiger partial charge in [0.25, 0.3) is 5.88 Å². The van der Waals surface area contributed by atoms with Crippen LogP contribution in [0.1, 0.15) is 57.1 Å². The second-order valence-electron chi connectivity index (χ2n) is 12.3. The lowest BCUT2D eigenvalue weighted by molar-refractivity contribution is -0.0458. The summed E-state index contributed by atoms with van der Waals surface area (Å²) in [6.45, 7) is 3.92. The maximum Gasteiger partial charge on any atom is 0.257 e. The Bertz CT molecular complexity index is 1720. The Morgan fingerprint density at radius 2 is 1.74 bits per heavy atom. The second kappa shape index (κ2) is 13.7. The Balaban J connectivity index is 1.02. The van der Waals surface area contributed by atoms with Gasteiger partial charge in [-0.05, 0) is 73.6 Å². The minimum Gasteiger partial charge on any atom is -0.487 e. The average molecular weight is 637 g/mol. The first-order valence-electron chi connectivity index (χ1n) is 16.0. The van der Waals surface area contributed by atoms with E-state index in [2.05, 4.69) is 41.8 Å². The molecule has 3 atom stereocenters. The van der Waals surface area contributed by atoms with E-state index in [9.17, 15) is 5.26 Å².